The second-order valence-electron chi connectivity index (χ2n) is 4.96. The fourth-order valence-electron chi connectivity index (χ4n) is 2.19. The summed E-state index contributed by atoms with van der Waals surface area (Å²) in [5.74, 6) is 0. The molecule has 2 atom stereocenters. The predicted molar refractivity (Wildman–Crippen MR) is 87.4 cm³/mol. The van der Waals surface area contributed by atoms with Crippen molar-refractivity contribution in [3.8, 4) is 0 Å². The maximum atomic E-state index is 5.62. The molecule has 0 aromatic heterocycles. The molecule has 1 heterocycles. The summed E-state index contributed by atoms with van der Waals surface area (Å²) < 4.78 is 11.8. The van der Waals surface area contributed by atoms with Gasteiger partial charge in [-0.15, -0.1) is 11.8 Å². The lowest BCUT2D eigenvalue weighted by Gasteiger charge is -2.15. The molecule has 1 saturated heterocycles. The maximum Gasteiger partial charge on any atom is 0.0669 e. The van der Waals surface area contributed by atoms with Gasteiger partial charge in [0, 0.05) is 41.4 Å². The van der Waals surface area contributed by atoms with E-state index < -0.39 is 0 Å². The monoisotopic (exact) mass is 359 g/mol. The molecule has 2 rings (SSSR count). The van der Waals surface area contributed by atoms with Gasteiger partial charge in [0.25, 0.3) is 0 Å². The van der Waals surface area contributed by atoms with E-state index in [-0.39, 0.29) is 0 Å². The number of halogens is 1. The molecule has 1 aromatic rings. The van der Waals surface area contributed by atoms with Crippen molar-refractivity contribution in [3.63, 3.8) is 0 Å². The molecule has 1 aliphatic rings. The van der Waals surface area contributed by atoms with E-state index in [4.69, 9.17) is 9.47 Å². The lowest BCUT2D eigenvalue weighted by Crippen LogP contribution is -2.18. The van der Waals surface area contributed by atoms with Gasteiger partial charge in [0.1, 0.15) is 0 Å². The van der Waals surface area contributed by atoms with Crippen LogP contribution in [0.25, 0.3) is 0 Å². The molecule has 1 aliphatic heterocycles. The highest BCUT2D eigenvalue weighted by Crippen LogP contribution is 2.36. The predicted octanol–water partition coefficient (Wildman–Crippen LogP) is 3.45. The quantitative estimate of drug-likeness (QED) is 0.755. The first-order valence-electron chi connectivity index (χ1n) is 6.97. The number of hydrogen-bond acceptors (Lipinski definition) is 4. The van der Waals surface area contributed by atoms with Crippen LogP contribution in [0.3, 0.4) is 0 Å². The number of ether oxygens (including phenoxy) is 2. The van der Waals surface area contributed by atoms with E-state index in [0.717, 1.165) is 32.7 Å². The van der Waals surface area contributed by atoms with Crippen molar-refractivity contribution in [2.24, 2.45) is 0 Å². The summed E-state index contributed by atoms with van der Waals surface area (Å²) in [4.78, 5) is 1.30. The largest absolute Gasteiger partial charge is 0.383 e. The molecular weight excluding hydrogens is 338 g/mol. The SMILES string of the molecule is COCCNCc1ccc(SC2CCOC2C)c(Br)c1. The van der Waals surface area contributed by atoms with E-state index in [1.165, 1.54) is 14.9 Å². The molecular formula is C15H22BrNO2S. The minimum atomic E-state index is 0.349. The Kier molecular flexibility index (Phi) is 6.84. The van der Waals surface area contributed by atoms with Crippen LogP contribution >= 0.6 is 27.7 Å². The lowest BCUT2D eigenvalue weighted by molar-refractivity contribution is 0.127. The summed E-state index contributed by atoms with van der Waals surface area (Å²) in [5.41, 5.74) is 1.29. The highest BCUT2D eigenvalue weighted by atomic mass is 79.9. The lowest BCUT2D eigenvalue weighted by atomic mass is 10.2. The number of methoxy groups -OCH3 is 1. The Bertz CT molecular complexity index is 430. The molecule has 1 fully saturated rings. The van der Waals surface area contributed by atoms with E-state index in [1.54, 1.807) is 7.11 Å². The van der Waals surface area contributed by atoms with Gasteiger partial charge in [0.15, 0.2) is 0 Å². The Balaban J connectivity index is 1.88. The third-order valence-corrected chi connectivity index (χ3v) is 5.84. The van der Waals surface area contributed by atoms with Crippen molar-refractivity contribution in [3.05, 3.63) is 28.2 Å². The van der Waals surface area contributed by atoms with Crippen molar-refractivity contribution >= 4 is 27.7 Å². The van der Waals surface area contributed by atoms with Gasteiger partial charge in [-0.1, -0.05) is 6.07 Å². The van der Waals surface area contributed by atoms with E-state index in [1.807, 2.05) is 11.8 Å². The Morgan fingerprint density at radius 3 is 3.00 bits per heavy atom. The van der Waals surface area contributed by atoms with E-state index in [9.17, 15) is 0 Å². The normalized spacial score (nSPS) is 22.4. The van der Waals surface area contributed by atoms with Gasteiger partial charge in [-0.25, -0.2) is 0 Å². The molecule has 2 unspecified atom stereocenters. The van der Waals surface area contributed by atoms with Gasteiger partial charge in [-0.05, 0) is 47.0 Å². The molecule has 0 amide bonds. The molecule has 0 aliphatic carbocycles. The third kappa shape index (κ3) is 4.74. The van der Waals surface area contributed by atoms with Crippen LogP contribution < -0.4 is 5.32 Å². The van der Waals surface area contributed by atoms with Gasteiger partial charge in [-0.3, -0.25) is 0 Å². The molecule has 3 nitrogen and oxygen atoms in total. The van der Waals surface area contributed by atoms with Gasteiger partial charge >= 0.3 is 0 Å². The average Bonchev–Trinajstić information content (AvgIpc) is 2.83. The summed E-state index contributed by atoms with van der Waals surface area (Å²) >= 11 is 5.60. The van der Waals surface area contributed by atoms with Crippen LogP contribution in [0, 0.1) is 0 Å². The topological polar surface area (TPSA) is 30.5 Å². The minimum absolute atomic E-state index is 0.349. The summed E-state index contributed by atoms with van der Waals surface area (Å²) in [5, 5.41) is 3.92. The first-order chi connectivity index (χ1) is 9.70. The van der Waals surface area contributed by atoms with Crippen molar-refractivity contribution in [1.82, 2.24) is 5.32 Å². The average molecular weight is 360 g/mol. The second-order valence-corrected chi connectivity index (χ2v) is 7.09. The Morgan fingerprint density at radius 1 is 1.50 bits per heavy atom. The van der Waals surface area contributed by atoms with Gasteiger partial charge in [0.2, 0.25) is 0 Å². The van der Waals surface area contributed by atoms with Crippen LogP contribution in [0.15, 0.2) is 27.6 Å². The van der Waals surface area contributed by atoms with Gasteiger partial charge < -0.3 is 14.8 Å². The van der Waals surface area contributed by atoms with Crippen LogP contribution in [-0.4, -0.2) is 38.2 Å². The highest BCUT2D eigenvalue weighted by molar-refractivity contribution is 9.10. The maximum absolute atomic E-state index is 5.62. The van der Waals surface area contributed by atoms with E-state index in [2.05, 4.69) is 46.4 Å². The summed E-state index contributed by atoms with van der Waals surface area (Å²) in [6, 6.07) is 6.59. The molecule has 0 saturated carbocycles. The summed E-state index contributed by atoms with van der Waals surface area (Å²) in [7, 11) is 1.72. The highest BCUT2D eigenvalue weighted by Gasteiger charge is 2.25. The molecule has 1 N–H and O–H groups in total. The van der Waals surface area contributed by atoms with Crippen LogP contribution in [0.1, 0.15) is 18.9 Å². The van der Waals surface area contributed by atoms with Crippen LogP contribution in [0.2, 0.25) is 0 Å². The number of rotatable bonds is 7. The Morgan fingerprint density at radius 2 is 2.35 bits per heavy atom. The zero-order valence-corrected chi connectivity index (χ0v) is 14.4. The first-order valence-corrected chi connectivity index (χ1v) is 8.64. The van der Waals surface area contributed by atoms with Crippen molar-refractivity contribution in [2.45, 2.75) is 36.1 Å². The zero-order valence-electron chi connectivity index (χ0n) is 12.0. The summed E-state index contributed by atoms with van der Waals surface area (Å²) in [6.45, 7) is 5.54. The molecule has 20 heavy (non-hydrogen) atoms. The fraction of sp³-hybridized carbons (Fsp3) is 0.600. The van der Waals surface area contributed by atoms with Crippen LogP contribution in [-0.2, 0) is 16.0 Å². The van der Waals surface area contributed by atoms with Crippen molar-refractivity contribution < 1.29 is 9.47 Å². The molecule has 5 heteroatoms. The van der Waals surface area contributed by atoms with Gasteiger partial charge in [-0.2, -0.15) is 0 Å². The molecule has 0 radical (unpaired) electrons. The van der Waals surface area contributed by atoms with Crippen LogP contribution in [0.4, 0.5) is 0 Å². The molecule has 112 valence electrons. The summed E-state index contributed by atoms with van der Waals surface area (Å²) in [6.07, 6.45) is 1.49. The molecule has 1 aromatic carbocycles. The molecule has 0 bridgehead atoms. The Labute approximate surface area is 133 Å². The fourth-order valence-corrected chi connectivity index (χ4v) is 4.02. The van der Waals surface area contributed by atoms with Crippen LogP contribution in [0.5, 0.6) is 0 Å². The molecule has 0 spiro atoms. The van der Waals surface area contributed by atoms with E-state index >= 15 is 0 Å². The van der Waals surface area contributed by atoms with Crippen molar-refractivity contribution in [1.29, 1.82) is 0 Å². The number of benzene rings is 1. The zero-order chi connectivity index (χ0) is 14.4. The third-order valence-electron chi connectivity index (χ3n) is 3.39. The Hall–Kier alpha value is -0.0700. The standard InChI is InChI=1S/C15H22BrNO2S/c1-11-14(5-7-19-11)20-15-4-3-12(9-13(15)16)10-17-6-8-18-2/h3-4,9,11,14,17H,5-8,10H2,1-2H3. The minimum Gasteiger partial charge on any atom is -0.383 e. The second kappa shape index (κ2) is 8.39. The smallest absolute Gasteiger partial charge is 0.0669 e. The number of thioether (sulfide) groups is 1. The number of hydrogen-bond donors (Lipinski definition) is 1. The van der Waals surface area contributed by atoms with E-state index in [0.29, 0.717) is 11.4 Å². The van der Waals surface area contributed by atoms with Crippen molar-refractivity contribution in [2.75, 3.05) is 26.9 Å². The number of nitrogens with one attached hydrogen (secondary N) is 1. The first kappa shape index (κ1) is 16.3. The van der Waals surface area contributed by atoms with Gasteiger partial charge in [0.05, 0.1) is 12.7 Å².